The Morgan fingerprint density at radius 2 is 2.12 bits per heavy atom. The molecule has 0 aliphatic heterocycles. The molecule has 1 aromatic carbocycles. The predicted octanol–water partition coefficient (Wildman–Crippen LogP) is 3.27. The van der Waals surface area contributed by atoms with Gasteiger partial charge < -0.3 is 5.32 Å². The molecule has 1 aromatic rings. The molecule has 2 nitrogen and oxygen atoms in total. The third kappa shape index (κ3) is 2.39. The van der Waals surface area contributed by atoms with E-state index in [0.29, 0.717) is 0 Å². The van der Waals surface area contributed by atoms with Crippen LogP contribution >= 0.6 is 22.6 Å². The Bertz CT molecular complexity index is 424. The average Bonchev–Trinajstić information content (AvgIpc) is 2.19. The van der Waals surface area contributed by atoms with E-state index in [1.165, 1.54) is 9.99 Å². The van der Waals surface area contributed by atoms with E-state index < -0.39 is 0 Å². The minimum Gasteiger partial charge on any atom is -0.347 e. The van der Waals surface area contributed by atoms with Gasteiger partial charge in [0, 0.05) is 14.7 Å². The van der Waals surface area contributed by atoms with Crippen molar-refractivity contribution in [2.75, 3.05) is 0 Å². The number of halogens is 1. The summed E-state index contributed by atoms with van der Waals surface area (Å²) in [6.45, 7) is 4.15. The van der Waals surface area contributed by atoms with Gasteiger partial charge in [0.1, 0.15) is 0 Å². The van der Waals surface area contributed by atoms with Crippen LogP contribution in [-0.2, 0) is 0 Å². The molecule has 0 atom stereocenters. The molecular formula is C13H16INO. The van der Waals surface area contributed by atoms with E-state index in [9.17, 15) is 4.79 Å². The zero-order valence-corrected chi connectivity index (χ0v) is 11.8. The van der Waals surface area contributed by atoms with E-state index in [2.05, 4.69) is 34.8 Å². The second kappa shape index (κ2) is 4.35. The van der Waals surface area contributed by atoms with Crippen molar-refractivity contribution in [2.45, 2.75) is 38.6 Å². The quantitative estimate of drug-likeness (QED) is 0.829. The Labute approximate surface area is 110 Å². The zero-order valence-electron chi connectivity index (χ0n) is 9.64. The Hall–Kier alpha value is -0.580. The van der Waals surface area contributed by atoms with Crippen molar-refractivity contribution in [1.29, 1.82) is 0 Å². The zero-order chi connectivity index (χ0) is 11.8. The molecule has 1 N–H and O–H groups in total. The number of rotatable bonds is 2. The second-order valence-electron chi connectivity index (χ2n) is 4.83. The lowest BCUT2D eigenvalue weighted by Crippen LogP contribution is -2.50. The smallest absolute Gasteiger partial charge is 0.251 e. The highest BCUT2D eigenvalue weighted by Crippen LogP contribution is 2.31. The van der Waals surface area contributed by atoms with Crippen LogP contribution in [0.4, 0.5) is 0 Å². The number of aryl methyl sites for hydroxylation is 1. The van der Waals surface area contributed by atoms with Crippen molar-refractivity contribution in [1.82, 2.24) is 5.32 Å². The third-order valence-corrected chi connectivity index (χ3v) is 4.50. The molecule has 0 heterocycles. The van der Waals surface area contributed by atoms with Gasteiger partial charge in [-0.1, -0.05) is 0 Å². The SMILES string of the molecule is Cc1cc(C(=O)NC2(C)CCC2)ccc1I. The van der Waals surface area contributed by atoms with Gasteiger partial charge in [0.2, 0.25) is 0 Å². The van der Waals surface area contributed by atoms with E-state index in [1.54, 1.807) is 0 Å². The first-order chi connectivity index (χ1) is 7.50. The lowest BCUT2D eigenvalue weighted by molar-refractivity contribution is 0.0850. The fourth-order valence-corrected chi connectivity index (χ4v) is 2.30. The fraction of sp³-hybridized carbons (Fsp3) is 0.462. The van der Waals surface area contributed by atoms with E-state index in [4.69, 9.17) is 0 Å². The summed E-state index contributed by atoms with van der Waals surface area (Å²) in [6, 6.07) is 5.85. The Kier molecular flexibility index (Phi) is 3.24. The summed E-state index contributed by atoms with van der Waals surface area (Å²) >= 11 is 2.28. The third-order valence-electron chi connectivity index (χ3n) is 3.29. The van der Waals surface area contributed by atoms with Gasteiger partial charge in [0.15, 0.2) is 0 Å². The molecule has 2 rings (SSSR count). The number of hydrogen-bond acceptors (Lipinski definition) is 1. The normalized spacial score (nSPS) is 17.7. The molecule has 0 spiro atoms. The first-order valence-corrected chi connectivity index (χ1v) is 6.67. The second-order valence-corrected chi connectivity index (χ2v) is 5.99. The van der Waals surface area contributed by atoms with E-state index in [1.807, 2.05) is 25.1 Å². The highest BCUT2D eigenvalue weighted by Gasteiger charge is 2.33. The number of amides is 1. The largest absolute Gasteiger partial charge is 0.347 e. The molecule has 0 saturated heterocycles. The van der Waals surface area contributed by atoms with Crippen LogP contribution in [0.1, 0.15) is 42.1 Å². The van der Waals surface area contributed by atoms with Crippen molar-refractivity contribution >= 4 is 28.5 Å². The van der Waals surface area contributed by atoms with Crippen molar-refractivity contribution in [3.05, 3.63) is 32.9 Å². The highest BCUT2D eigenvalue weighted by molar-refractivity contribution is 14.1. The topological polar surface area (TPSA) is 29.1 Å². The van der Waals surface area contributed by atoms with Crippen molar-refractivity contribution in [3.63, 3.8) is 0 Å². The van der Waals surface area contributed by atoms with Crippen molar-refractivity contribution < 1.29 is 4.79 Å². The van der Waals surface area contributed by atoms with Crippen molar-refractivity contribution in [3.8, 4) is 0 Å². The van der Waals surface area contributed by atoms with Crippen LogP contribution in [0.25, 0.3) is 0 Å². The molecule has 0 bridgehead atoms. The highest BCUT2D eigenvalue weighted by atomic mass is 127. The van der Waals surface area contributed by atoms with Gasteiger partial charge in [-0.05, 0) is 79.5 Å². The molecule has 3 heteroatoms. The van der Waals surface area contributed by atoms with Gasteiger partial charge in [-0.15, -0.1) is 0 Å². The van der Waals surface area contributed by atoms with Crippen LogP contribution in [0.2, 0.25) is 0 Å². The van der Waals surface area contributed by atoms with Crippen LogP contribution < -0.4 is 5.32 Å². The van der Waals surface area contributed by atoms with E-state index in [-0.39, 0.29) is 11.4 Å². The average molecular weight is 329 g/mol. The lowest BCUT2D eigenvalue weighted by Gasteiger charge is -2.39. The molecule has 86 valence electrons. The minimum absolute atomic E-state index is 0.0357. The number of hydrogen-bond donors (Lipinski definition) is 1. The Balaban J connectivity index is 2.11. The number of benzene rings is 1. The van der Waals surface area contributed by atoms with Gasteiger partial charge in [0.05, 0.1) is 0 Å². The molecular weight excluding hydrogens is 313 g/mol. The maximum absolute atomic E-state index is 12.0. The van der Waals surface area contributed by atoms with Crippen LogP contribution in [0.15, 0.2) is 18.2 Å². The Morgan fingerprint density at radius 3 is 2.62 bits per heavy atom. The van der Waals surface area contributed by atoms with Gasteiger partial charge >= 0.3 is 0 Å². The fourth-order valence-electron chi connectivity index (χ4n) is 1.96. The van der Waals surface area contributed by atoms with E-state index in [0.717, 1.165) is 24.0 Å². The summed E-state index contributed by atoms with van der Waals surface area (Å²) in [5, 5.41) is 3.11. The Morgan fingerprint density at radius 1 is 1.44 bits per heavy atom. The first-order valence-electron chi connectivity index (χ1n) is 5.59. The van der Waals surface area contributed by atoms with Gasteiger partial charge in [-0.3, -0.25) is 4.79 Å². The van der Waals surface area contributed by atoms with E-state index >= 15 is 0 Å². The summed E-state index contributed by atoms with van der Waals surface area (Å²) in [4.78, 5) is 12.0. The molecule has 1 amide bonds. The summed E-state index contributed by atoms with van der Waals surface area (Å²) in [5.41, 5.74) is 1.96. The summed E-state index contributed by atoms with van der Waals surface area (Å²) in [5.74, 6) is 0.0571. The molecule has 1 saturated carbocycles. The first kappa shape index (κ1) is 11.9. The van der Waals surface area contributed by atoms with Crippen LogP contribution in [-0.4, -0.2) is 11.4 Å². The monoisotopic (exact) mass is 329 g/mol. The minimum atomic E-state index is 0.0357. The maximum Gasteiger partial charge on any atom is 0.251 e. The van der Waals surface area contributed by atoms with Crippen LogP contribution in [0.3, 0.4) is 0 Å². The summed E-state index contributed by atoms with van der Waals surface area (Å²) < 4.78 is 1.20. The predicted molar refractivity (Wildman–Crippen MR) is 73.6 cm³/mol. The molecule has 1 aliphatic rings. The van der Waals surface area contributed by atoms with Gasteiger partial charge in [-0.2, -0.15) is 0 Å². The molecule has 0 radical (unpaired) electrons. The molecule has 1 aliphatic carbocycles. The number of carbonyl (C=O) groups excluding carboxylic acids is 1. The van der Waals surface area contributed by atoms with Crippen LogP contribution in [0, 0.1) is 10.5 Å². The molecule has 0 aromatic heterocycles. The van der Waals surface area contributed by atoms with Gasteiger partial charge in [-0.25, -0.2) is 0 Å². The summed E-state index contributed by atoms with van der Waals surface area (Å²) in [6.07, 6.45) is 3.42. The van der Waals surface area contributed by atoms with Crippen LogP contribution in [0.5, 0.6) is 0 Å². The lowest BCUT2D eigenvalue weighted by atomic mass is 9.78. The van der Waals surface area contributed by atoms with Gasteiger partial charge in [0.25, 0.3) is 5.91 Å². The number of carbonyl (C=O) groups is 1. The molecule has 16 heavy (non-hydrogen) atoms. The maximum atomic E-state index is 12.0. The summed E-state index contributed by atoms with van der Waals surface area (Å²) in [7, 11) is 0. The molecule has 0 unspecified atom stereocenters. The standard InChI is InChI=1S/C13H16INO/c1-9-8-10(4-5-11(9)14)12(16)15-13(2)6-3-7-13/h4-5,8H,3,6-7H2,1-2H3,(H,15,16). The molecule has 1 fully saturated rings. The number of nitrogens with one attached hydrogen (secondary N) is 1. The van der Waals surface area contributed by atoms with Crippen molar-refractivity contribution in [2.24, 2.45) is 0 Å².